The van der Waals surface area contributed by atoms with Gasteiger partial charge in [0.25, 0.3) is 11.7 Å². The summed E-state index contributed by atoms with van der Waals surface area (Å²) in [7, 11) is 0. The molecule has 1 fully saturated rings. The lowest BCUT2D eigenvalue weighted by atomic mass is 9.93. The molecule has 8 nitrogen and oxygen atoms in total. The number of carbonyl (C=O) groups excluding carboxylic acids is 1. The van der Waals surface area contributed by atoms with E-state index < -0.39 is 11.7 Å². The van der Waals surface area contributed by atoms with Crippen LogP contribution in [0.15, 0.2) is 67.1 Å². The Bertz CT molecular complexity index is 1610. The fraction of sp³-hybridized carbons (Fsp3) is 0.250. The van der Waals surface area contributed by atoms with E-state index >= 15 is 0 Å². The first-order valence-corrected chi connectivity index (χ1v) is 12.4. The molecule has 2 aromatic carbocycles. The maximum atomic E-state index is 15.0. The molecular weight excluding hydrogens is 471 g/mol. The van der Waals surface area contributed by atoms with E-state index in [1.54, 1.807) is 29.2 Å². The van der Waals surface area contributed by atoms with Crippen LogP contribution in [0.3, 0.4) is 0 Å². The number of aromatic nitrogens is 5. The number of rotatable bonds is 5. The minimum Gasteiger partial charge on any atom is -0.393 e. The van der Waals surface area contributed by atoms with Crippen LogP contribution in [-0.4, -0.2) is 47.7 Å². The zero-order valence-corrected chi connectivity index (χ0v) is 20.0. The first-order valence-electron chi connectivity index (χ1n) is 12.4. The van der Waals surface area contributed by atoms with E-state index in [2.05, 4.69) is 31.4 Å². The highest BCUT2D eigenvalue weighted by Crippen LogP contribution is 2.23. The first-order chi connectivity index (χ1) is 18.0. The molecule has 2 N–H and O–H groups in total. The largest absolute Gasteiger partial charge is 0.393 e. The molecule has 1 aliphatic carbocycles. The molecule has 5 aromatic rings. The molecule has 9 heteroatoms. The Labute approximate surface area is 212 Å². The van der Waals surface area contributed by atoms with Crippen LogP contribution in [0.1, 0.15) is 47.3 Å². The summed E-state index contributed by atoms with van der Waals surface area (Å²) in [5.41, 5.74) is 3.84. The number of benzene rings is 2. The van der Waals surface area contributed by atoms with Crippen molar-refractivity contribution < 1.29 is 14.3 Å². The number of fused-ring (bicyclic) bond motifs is 2. The van der Waals surface area contributed by atoms with Gasteiger partial charge in [0, 0.05) is 29.6 Å². The molecule has 0 spiro atoms. The van der Waals surface area contributed by atoms with Gasteiger partial charge < -0.3 is 10.4 Å². The van der Waals surface area contributed by atoms with Crippen molar-refractivity contribution in [1.29, 1.82) is 0 Å². The molecule has 3 heterocycles. The summed E-state index contributed by atoms with van der Waals surface area (Å²) in [6.45, 7) is 0. The van der Waals surface area contributed by atoms with Crippen molar-refractivity contribution in [1.82, 2.24) is 29.9 Å². The molecule has 0 radical (unpaired) electrons. The Morgan fingerprint density at radius 3 is 2.70 bits per heavy atom. The monoisotopic (exact) mass is 496 g/mol. The minimum atomic E-state index is -0.622. The zero-order valence-electron chi connectivity index (χ0n) is 20.0. The summed E-state index contributed by atoms with van der Waals surface area (Å²) >= 11 is 0. The summed E-state index contributed by atoms with van der Waals surface area (Å²) in [6.07, 6.45) is 7.99. The number of hydrogen-bond donors (Lipinski definition) is 2. The average molecular weight is 497 g/mol. The van der Waals surface area contributed by atoms with E-state index in [1.165, 1.54) is 12.1 Å². The SMILES string of the molecule is O=C(N[C@H]1CC[C@H](O)CC1)c1ccc(-c2cnc3ncc(Cc4ccc5ncccc5c4)n3n2)cc1F. The average Bonchev–Trinajstić information content (AvgIpc) is 3.31. The second kappa shape index (κ2) is 9.67. The van der Waals surface area contributed by atoms with Crippen molar-refractivity contribution in [3.8, 4) is 11.3 Å². The molecule has 0 bridgehead atoms. The van der Waals surface area contributed by atoms with Crippen molar-refractivity contribution in [2.24, 2.45) is 0 Å². The fourth-order valence-electron chi connectivity index (χ4n) is 4.86. The number of aliphatic hydroxyl groups excluding tert-OH is 1. The van der Waals surface area contributed by atoms with Gasteiger partial charge in [-0.3, -0.25) is 9.78 Å². The topological polar surface area (TPSA) is 105 Å². The Hall–Kier alpha value is -4.24. The molecule has 0 saturated heterocycles. The van der Waals surface area contributed by atoms with Crippen LogP contribution in [0.2, 0.25) is 0 Å². The molecule has 37 heavy (non-hydrogen) atoms. The van der Waals surface area contributed by atoms with Crippen molar-refractivity contribution in [3.63, 3.8) is 0 Å². The molecule has 1 amide bonds. The van der Waals surface area contributed by atoms with Crippen LogP contribution in [0.4, 0.5) is 4.39 Å². The van der Waals surface area contributed by atoms with E-state index in [-0.39, 0.29) is 17.7 Å². The van der Waals surface area contributed by atoms with E-state index in [0.717, 1.165) is 22.2 Å². The molecule has 0 aliphatic heterocycles. The maximum Gasteiger partial charge on any atom is 0.254 e. The number of carbonyl (C=O) groups is 1. The minimum absolute atomic E-state index is 0.0157. The zero-order chi connectivity index (χ0) is 25.4. The number of nitrogens with one attached hydrogen (secondary N) is 1. The Morgan fingerprint density at radius 1 is 1.03 bits per heavy atom. The first kappa shape index (κ1) is 23.2. The van der Waals surface area contributed by atoms with Gasteiger partial charge in [-0.25, -0.2) is 18.9 Å². The lowest BCUT2D eigenvalue weighted by molar-refractivity contribution is 0.0864. The maximum absolute atomic E-state index is 15.0. The molecule has 3 aromatic heterocycles. The van der Waals surface area contributed by atoms with E-state index in [9.17, 15) is 14.3 Å². The van der Waals surface area contributed by atoms with E-state index in [4.69, 9.17) is 0 Å². The van der Waals surface area contributed by atoms with Crippen LogP contribution in [0.5, 0.6) is 0 Å². The second-order valence-corrected chi connectivity index (χ2v) is 9.49. The van der Waals surface area contributed by atoms with E-state index in [0.29, 0.717) is 49.1 Å². The van der Waals surface area contributed by atoms with Crippen LogP contribution in [0, 0.1) is 5.82 Å². The third-order valence-corrected chi connectivity index (χ3v) is 6.89. The molecule has 6 rings (SSSR count). The lowest BCUT2D eigenvalue weighted by Gasteiger charge is -2.26. The van der Waals surface area contributed by atoms with Gasteiger partial charge in [-0.05, 0) is 61.6 Å². The van der Waals surface area contributed by atoms with Crippen LogP contribution >= 0.6 is 0 Å². The van der Waals surface area contributed by atoms with Gasteiger partial charge in [-0.15, -0.1) is 0 Å². The number of halogens is 1. The number of imidazole rings is 1. The van der Waals surface area contributed by atoms with Gasteiger partial charge in [0.05, 0.1) is 35.3 Å². The predicted octanol–water partition coefficient (Wildman–Crippen LogP) is 4.10. The van der Waals surface area contributed by atoms with Crippen molar-refractivity contribution in [2.45, 2.75) is 44.2 Å². The van der Waals surface area contributed by atoms with Gasteiger partial charge in [0.1, 0.15) is 11.5 Å². The number of pyridine rings is 1. The molecule has 0 atom stereocenters. The quantitative estimate of drug-likeness (QED) is 0.380. The number of amides is 1. The highest BCUT2D eigenvalue weighted by Gasteiger charge is 2.23. The third kappa shape index (κ3) is 4.77. The number of hydrogen-bond acceptors (Lipinski definition) is 6. The molecule has 1 aliphatic rings. The fourth-order valence-corrected chi connectivity index (χ4v) is 4.86. The number of nitrogens with zero attached hydrogens (tertiary/aromatic N) is 5. The third-order valence-electron chi connectivity index (χ3n) is 6.89. The van der Waals surface area contributed by atoms with Crippen molar-refractivity contribution in [3.05, 3.63) is 89.8 Å². The van der Waals surface area contributed by atoms with Gasteiger partial charge in [-0.1, -0.05) is 18.2 Å². The molecule has 1 saturated carbocycles. The lowest BCUT2D eigenvalue weighted by Crippen LogP contribution is -2.38. The smallest absolute Gasteiger partial charge is 0.254 e. The van der Waals surface area contributed by atoms with Crippen molar-refractivity contribution in [2.75, 3.05) is 0 Å². The summed E-state index contributed by atoms with van der Waals surface area (Å²) < 4.78 is 16.6. The van der Waals surface area contributed by atoms with Gasteiger partial charge in [0.2, 0.25) is 0 Å². The van der Waals surface area contributed by atoms with Crippen molar-refractivity contribution >= 4 is 22.6 Å². The Morgan fingerprint density at radius 2 is 1.86 bits per heavy atom. The van der Waals surface area contributed by atoms with E-state index in [1.807, 2.05) is 24.3 Å². The Kier molecular flexibility index (Phi) is 6.05. The van der Waals surface area contributed by atoms with Gasteiger partial charge >= 0.3 is 0 Å². The summed E-state index contributed by atoms with van der Waals surface area (Å²) in [5, 5.41) is 18.3. The highest BCUT2D eigenvalue weighted by molar-refractivity contribution is 5.95. The summed E-state index contributed by atoms with van der Waals surface area (Å²) in [5.74, 6) is -0.617. The van der Waals surface area contributed by atoms with Crippen LogP contribution in [0.25, 0.3) is 27.9 Å². The summed E-state index contributed by atoms with van der Waals surface area (Å²) in [4.78, 5) is 25.8. The highest BCUT2D eigenvalue weighted by atomic mass is 19.1. The molecule has 186 valence electrons. The molecule has 0 unspecified atom stereocenters. The van der Waals surface area contributed by atoms with Crippen LogP contribution < -0.4 is 5.32 Å². The predicted molar refractivity (Wildman–Crippen MR) is 136 cm³/mol. The van der Waals surface area contributed by atoms with Gasteiger partial charge in [0.15, 0.2) is 0 Å². The Balaban J connectivity index is 1.23. The molecular formula is C28H25FN6O2. The van der Waals surface area contributed by atoms with Crippen LogP contribution in [-0.2, 0) is 6.42 Å². The second-order valence-electron chi connectivity index (χ2n) is 9.49. The normalized spacial score (nSPS) is 17.8. The number of aliphatic hydroxyl groups is 1. The summed E-state index contributed by atoms with van der Waals surface area (Å²) in [6, 6.07) is 14.4. The standard InChI is InChI=1S/C28H25FN6O2/c29-24-14-19(4-9-23(24)27(37)33-20-5-7-22(36)8-6-20)26-16-32-28-31-15-21(35(28)34-26)13-17-3-10-25-18(12-17)2-1-11-30-25/h1-4,9-12,14-16,20,22,36H,5-8,13H2,(H,33,37)/t20-,22-. The van der Waals surface area contributed by atoms with Gasteiger partial charge in [-0.2, -0.15) is 5.10 Å².